The van der Waals surface area contributed by atoms with Gasteiger partial charge in [-0.15, -0.1) is 0 Å². The van der Waals surface area contributed by atoms with Gasteiger partial charge in [-0.2, -0.15) is 0 Å². The first-order valence-electron chi connectivity index (χ1n) is 10.2. The Hall–Kier alpha value is 0.780. The van der Waals surface area contributed by atoms with Gasteiger partial charge in [0, 0.05) is 0 Å². The van der Waals surface area contributed by atoms with Gasteiger partial charge in [-0.25, -0.2) is 16.8 Å². The second kappa shape index (κ2) is 19.7. The molecule has 0 saturated carbocycles. The Morgan fingerprint density at radius 3 is 1.57 bits per heavy atom. The van der Waals surface area contributed by atoms with Crippen molar-refractivity contribution < 1.29 is 59.9 Å². The summed E-state index contributed by atoms with van der Waals surface area (Å²) in [7, 11) is -7.87. The molecule has 0 aliphatic heterocycles. The van der Waals surface area contributed by atoms with E-state index in [4.69, 9.17) is 4.74 Å². The molecule has 0 aliphatic rings. The third-order valence-electron chi connectivity index (χ3n) is 4.30. The molecule has 0 atom stereocenters. The van der Waals surface area contributed by atoms with E-state index < -0.39 is 26.8 Å². The fourth-order valence-corrected chi connectivity index (χ4v) is 4.24. The molecule has 0 fully saturated rings. The molecule has 164 valence electrons. The standard InChI is InChI=1S/C18H38O7S2.Na/c1-2-3-4-5-6-7-8-9-10-11-12-13-17-26(19,20)18-16-24-14-15-25-27(21,22)23;/h2-18H2,1H3,(H,21,22,23);/q;+1/p-1. The predicted molar refractivity (Wildman–Crippen MR) is 106 cm³/mol. The number of ether oxygens (including phenoxy) is 1. The van der Waals surface area contributed by atoms with Crippen molar-refractivity contribution in [2.45, 2.75) is 84.0 Å². The van der Waals surface area contributed by atoms with E-state index in [-0.39, 0.29) is 54.3 Å². The van der Waals surface area contributed by atoms with Crippen LogP contribution in [0.4, 0.5) is 0 Å². The van der Waals surface area contributed by atoms with Gasteiger partial charge in [0.2, 0.25) is 10.4 Å². The van der Waals surface area contributed by atoms with E-state index in [1.165, 1.54) is 57.8 Å². The van der Waals surface area contributed by atoms with Crippen molar-refractivity contribution in [2.24, 2.45) is 0 Å². The minimum absolute atomic E-state index is 0. The van der Waals surface area contributed by atoms with Gasteiger partial charge >= 0.3 is 29.6 Å². The largest absolute Gasteiger partial charge is 1.00 e. The van der Waals surface area contributed by atoms with Crippen molar-refractivity contribution in [3.05, 3.63) is 0 Å². The van der Waals surface area contributed by atoms with Gasteiger partial charge in [0.25, 0.3) is 0 Å². The predicted octanol–water partition coefficient (Wildman–Crippen LogP) is 0.600. The van der Waals surface area contributed by atoms with Crippen LogP contribution in [-0.2, 0) is 29.2 Å². The topological polar surface area (TPSA) is 110 Å². The fraction of sp³-hybridized carbons (Fsp3) is 1.00. The molecule has 0 bridgehead atoms. The maximum atomic E-state index is 11.8. The Morgan fingerprint density at radius 2 is 1.11 bits per heavy atom. The second-order valence-corrected chi connectivity index (χ2v) is 10.2. The first-order valence-corrected chi connectivity index (χ1v) is 13.3. The molecule has 0 rings (SSSR count). The maximum Gasteiger partial charge on any atom is 1.00 e. The zero-order valence-electron chi connectivity index (χ0n) is 17.7. The van der Waals surface area contributed by atoms with Crippen molar-refractivity contribution in [3.63, 3.8) is 0 Å². The molecule has 0 heterocycles. The van der Waals surface area contributed by atoms with E-state index in [0.29, 0.717) is 6.42 Å². The molecule has 0 radical (unpaired) electrons. The number of rotatable bonds is 20. The van der Waals surface area contributed by atoms with Crippen LogP contribution in [0, 0.1) is 0 Å². The van der Waals surface area contributed by atoms with Crippen LogP contribution in [0.2, 0.25) is 0 Å². The summed E-state index contributed by atoms with van der Waals surface area (Å²) in [5.74, 6) is 0.0500. The normalized spacial score (nSPS) is 12.1. The van der Waals surface area contributed by atoms with Crippen molar-refractivity contribution in [3.8, 4) is 0 Å². The summed E-state index contributed by atoms with van der Waals surface area (Å²) in [5, 5.41) is 0. The molecule has 10 heteroatoms. The molecule has 7 nitrogen and oxygen atoms in total. The van der Waals surface area contributed by atoms with Crippen LogP contribution >= 0.6 is 0 Å². The molecule has 0 N–H and O–H groups in total. The third-order valence-corrected chi connectivity index (χ3v) is 6.46. The molecule has 28 heavy (non-hydrogen) atoms. The molecule has 0 aromatic heterocycles. The van der Waals surface area contributed by atoms with Crippen LogP contribution in [0.1, 0.15) is 84.0 Å². The van der Waals surface area contributed by atoms with Crippen LogP contribution in [0.25, 0.3) is 0 Å². The summed E-state index contributed by atoms with van der Waals surface area (Å²) in [6.45, 7) is 1.67. The number of sulfone groups is 1. The summed E-state index contributed by atoms with van der Waals surface area (Å²) in [5.41, 5.74) is 0. The van der Waals surface area contributed by atoms with E-state index in [2.05, 4.69) is 11.1 Å². The maximum absolute atomic E-state index is 11.8. The minimum atomic E-state index is -4.72. The molecular weight excluding hydrogens is 415 g/mol. The summed E-state index contributed by atoms with van der Waals surface area (Å²) < 4.78 is 63.2. The Balaban J connectivity index is 0. The van der Waals surface area contributed by atoms with Crippen LogP contribution in [0.15, 0.2) is 0 Å². The molecule has 0 amide bonds. The average molecular weight is 453 g/mol. The monoisotopic (exact) mass is 452 g/mol. The van der Waals surface area contributed by atoms with Gasteiger partial charge < -0.3 is 9.29 Å². The Kier molecular flexibility index (Phi) is 21.8. The van der Waals surface area contributed by atoms with Crippen LogP contribution in [0.3, 0.4) is 0 Å². The summed E-state index contributed by atoms with van der Waals surface area (Å²) in [6, 6.07) is 0. The molecule has 0 spiro atoms. The Bertz CT molecular complexity index is 536. The average Bonchev–Trinajstić information content (AvgIpc) is 2.58. The quantitative estimate of drug-likeness (QED) is 0.115. The zero-order chi connectivity index (χ0) is 20.4. The van der Waals surface area contributed by atoms with Gasteiger partial charge in [0.15, 0.2) is 9.84 Å². The van der Waals surface area contributed by atoms with Crippen LogP contribution in [0.5, 0.6) is 0 Å². The third kappa shape index (κ3) is 24.8. The first-order chi connectivity index (χ1) is 12.8. The smallest absolute Gasteiger partial charge is 0.726 e. The summed E-state index contributed by atoms with van der Waals surface area (Å²) >= 11 is 0. The summed E-state index contributed by atoms with van der Waals surface area (Å²) in [4.78, 5) is 0. The van der Waals surface area contributed by atoms with Crippen LogP contribution < -0.4 is 29.6 Å². The fourth-order valence-electron chi connectivity index (χ4n) is 2.75. The van der Waals surface area contributed by atoms with E-state index >= 15 is 0 Å². The molecular formula is C18H37NaO7S2. The van der Waals surface area contributed by atoms with Crippen molar-refractivity contribution in [1.82, 2.24) is 0 Å². The molecule has 0 aliphatic carbocycles. The van der Waals surface area contributed by atoms with Gasteiger partial charge in [-0.3, -0.25) is 4.18 Å². The van der Waals surface area contributed by atoms with Crippen LogP contribution in [-0.4, -0.2) is 52.7 Å². The van der Waals surface area contributed by atoms with Gasteiger partial charge in [0.1, 0.15) is 0 Å². The molecule has 0 saturated heterocycles. The zero-order valence-corrected chi connectivity index (χ0v) is 21.3. The van der Waals surface area contributed by atoms with E-state index in [1.807, 2.05) is 0 Å². The van der Waals surface area contributed by atoms with E-state index in [1.54, 1.807) is 0 Å². The second-order valence-electron chi connectivity index (χ2n) is 6.88. The molecule has 0 aromatic carbocycles. The van der Waals surface area contributed by atoms with E-state index in [0.717, 1.165) is 12.8 Å². The number of hydrogen-bond acceptors (Lipinski definition) is 7. The summed E-state index contributed by atoms with van der Waals surface area (Å²) in [6.07, 6.45) is 14.3. The first kappa shape index (κ1) is 31.0. The van der Waals surface area contributed by atoms with Gasteiger partial charge in [-0.1, -0.05) is 77.6 Å². The van der Waals surface area contributed by atoms with Crippen molar-refractivity contribution >= 4 is 20.2 Å². The number of unbranched alkanes of at least 4 members (excludes halogenated alkanes) is 11. The minimum Gasteiger partial charge on any atom is -0.726 e. The molecule has 0 unspecified atom stereocenters. The van der Waals surface area contributed by atoms with Crippen molar-refractivity contribution in [2.75, 3.05) is 31.3 Å². The van der Waals surface area contributed by atoms with Gasteiger partial charge in [-0.05, 0) is 6.42 Å². The Morgan fingerprint density at radius 1 is 0.643 bits per heavy atom. The Labute approximate surface area is 194 Å². The van der Waals surface area contributed by atoms with Crippen molar-refractivity contribution in [1.29, 1.82) is 0 Å². The molecule has 0 aromatic rings. The SMILES string of the molecule is CCCCCCCCCCCCCCS(=O)(=O)CCOCCOS(=O)(=O)[O-].[Na+]. The van der Waals surface area contributed by atoms with E-state index in [9.17, 15) is 21.4 Å². The van der Waals surface area contributed by atoms with Gasteiger partial charge in [0.05, 0.1) is 31.3 Å². The number of hydrogen-bond donors (Lipinski definition) is 0.